The highest BCUT2D eigenvalue weighted by Gasteiger charge is 2.21. The molecule has 0 aliphatic carbocycles. The number of nitrogens with one attached hydrogen (secondary N) is 1. The molecule has 4 nitrogen and oxygen atoms in total. The van der Waals surface area contributed by atoms with Crippen molar-refractivity contribution in [2.24, 2.45) is 0 Å². The van der Waals surface area contributed by atoms with Gasteiger partial charge in [-0.05, 0) is 12.1 Å². The molecule has 2 heterocycles. The number of hydrogen-bond donors (Lipinski definition) is 2. The molecule has 0 amide bonds. The maximum Gasteiger partial charge on any atom is 0.175 e. The van der Waals surface area contributed by atoms with Crippen LogP contribution in [0.15, 0.2) is 24.5 Å². The molecule has 2 aromatic heterocycles. The Kier molecular flexibility index (Phi) is 2.41. The van der Waals surface area contributed by atoms with E-state index in [1.165, 1.54) is 12.4 Å². The third kappa shape index (κ3) is 1.62. The van der Waals surface area contributed by atoms with Gasteiger partial charge in [0.25, 0.3) is 0 Å². The van der Waals surface area contributed by atoms with Crippen LogP contribution in [-0.2, 0) is 0 Å². The number of hydrogen-bond acceptors (Lipinski definition) is 3. The van der Waals surface area contributed by atoms with Crippen LogP contribution in [-0.4, -0.2) is 15.2 Å². The zero-order valence-corrected chi connectivity index (χ0v) is 9.42. The molecule has 3 aromatic rings. The number of anilines is 1. The minimum Gasteiger partial charge on any atom is -0.396 e. The first-order valence-electron chi connectivity index (χ1n) is 5.31. The number of benzene rings is 1. The van der Waals surface area contributed by atoms with Gasteiger partial charge >= 0.3 is 0 Å². The van der Waals surface area contributed by atoms with Gasteiger partial charge in [-0.2, -0.15) is 5.10 Å². The van der Waals surface area contributed by atoms with Crippen LogP contribution in [0, 0.1) is 17.5 Å². The third-order valence-electron chi connectivity index (χ3n) is 2.79. The lowest BCUT2D eigenvalue weighted by Crippen LogP contribution is -2.00. The van der Waals surface area contributed by atoms with Gasteiger partial charge in [0.15, 0.2) is 11.6 Å². The lowest BCUT2D eigenvalue weighted by atomic mass is 10.1. The van der Waals surface area contributed by atoms with Gasteiger partial charge in [-0.25, -0.2) is 13.2 Å². The fourth-order valence-corrected chi connectivity index (χ4v) is 1.84. The molecule has 0 spiro atoms. The van der Waals surface area contributed by atoms with Crippen molar-refractivity contribution in [1.29, 1.82) is 0 Å². The number of rotatable bonds is 1. The Balaban J connectivity index is 2.36. The fraction of sp³-hybridized carbons (Fsp3) is 0. The first-order valence-corrected chi connectivity index (χ1v) is 5.31. The van der Waals surface area contributed by atoms with E-state index in [1.807, 2.05) is 0 Å². The Morgan fingerprint density at radius 2 is 1.84 bits per heavy atom. The first-order chi connectivity index (χ1) is 9.09. The molecule has 7 heteroatoms. The summed E-state index contributed by atoms with van der Waals surface area (Å²) in [4.78, 5) is 3.74. The van der Waals surface area contributed by atoms with E-state index in [-0.39, 0.29) is 11.2 Å². The van der Waals surface area contributed by atoms with E-state index in [2.05, 4.69) is 15.2 Å². The topological polar surface area (TPSA) is 67.6 Å². The number of nitrogens with two attached hydrogens (primary N) is 1. The highest BCUT2D eigenvalue weighted by Crippen LogP contribution is 2.31. The normalized spacial score (nSPS) is 11.1. The number of H-pyrrole nitrogens is 1. The summed E-state index contributed by atoms with van der Waals surface area (Å²) in [7, 11) is 0. The van der Waals surface area contributed by atoms with Gasteiger partial charge in [0.2, 0.25) is 0 Å². The lowest BCUT2D eigenvalue weighted by molar-refractivity contribution is 0.583. The molecule has 19 heavy (non-hydrogen) atoms. The highest BCUT2D eigenvalue weighted by molar-refractivity contribution is 5.82. The number of nitrogens with zero attached hydrogens (tertiary/aromatic N) is 2. The van der Waals surface area contributed by atoms with E-state index in [4.69, 9.17) is 5.73 Å². The van der Waals surface area contributed by atoms with Gasteiger partial charge in [-0.1, -0.05) is 0 Å². The van der Waals surface area contributed by atoms with Crippen molar-refractivity contribution in [1.82, 2.24) is 15.2 Å². The molecular formula is C12H7F3N4. The van der Waals surface area contributed by atoms with Gasteiger partial charge in [0.05, 0.1) is 17.4 Å². The summed E-state index contributed by atoms with van der Waals surface area (Å²) < 4.78 is 41.7. The molecule has 0 aliphatic rings. The molecule has 0 unspecified atom stereocenters. The number of pyridine rings is 1. The quantitative estimate of drug-likeness (QED) is 0.664. The molecule has 3 rings (SSSR count). The van der Waals surface area contributed by atoms with Crippen molar-refractivity contribution >= 4 is 16.6 Å². The van der Waals surface area contributed by atoms with E-state index >= 15 is 0 Å². The van der Waals surface area contributed by atoms with E-state index in [1.54, 1.807) is 0 Å². The Hall–Kier alpha value is -2.57. The number of halogens is 3. The van der Waals surface area contributed by atoms with Gasteiger partial charge in [-0.15, -0.1) is 0 Å². The van der Waals surface area contributed by atoms with E-state index < -0.39 is 28.7 Å². The third-order valence-corrected chi connectivity index (χ3v) is 2.79. The van der Waals surface area contributed by atoms with Crippen molar-refractivity contribution in [3.05, 3.63) is 42.0 Å². The van der Waals surface area contributed by atoms with Gasteiger partial charge in [-0.3, -0.25) is 10.1 Å². The van der Waals surface area contributed by atoms with E-state index in [9.17, 15) is 13.2 Å². The molecule has 0 fully saturated rings. The molecule has 96 valence electrons. The molecule has 0 saturated heterocycles. The molecular weight excluding hydrogens is 257 g/mol. The maximum absolute atomic E-state index is 14.2. The first kappa shape index (κ1) is 11.5. The molecule has 0 bridgehead atoms. The van der Waals surface area contributed by atoms with Crippen molar-refractivity contribution in [3.8, 4) is 11.3 Å². The Morgan fingerprint density at radius 1 is 1.05 bits per heavy atom. The average Bonchev–Trinajstić information content (AvgIpc) is 2.86. The second-order valence-electron chi connectivity index (χ2n) is 3.95. The summed E-state index contributed by atoms with van der Waals surface area (Å²) in [5, 5.41) is 6.46. The summed E-state index contributed by atoms with van der Waals surface area (Å²) in [5.74, 6) is -2.85. The Labute approximate surface area is 105 Å². The summed E-state index contributed by atoms with van der Waals surface area (Å²) in [5.41, 5.74) is 4.08. The van der Waals surface area contributed by atoms with E-state index in [0.717, 1.165) is 12.1 Å². The molecule has 0 radical (unpaired) electrons. The molecule has 0 atom stereocenters. The van der Waals surface area contributed by atoms with Crippen LogP contribution >= 0.6 is 0 Å². The summed E-state index contributed by atoms with van der Waals surface area (Å²) in [6, 6.07) is 2.03. The van der Waals surface area contributed by atoms with Crippen molar-refractivity contribution in [2.45, 2.75) is 0 Å². The average molecular weight is 264 g/mol. The number of nitrogen functional groups attached to an aromatic ring is 1. The van der Waals surface area contributed by atoms with Crippen LogP contribution in [0.25, 0.3) is 22.2 Å². The van der Waals surface area contributed by atoms with Crippen LogP contribution in [0.2, 0.25) is 0 Å². The van der Waals surface area contributed by atoms with Crippen LogP contribution in [0.4, 0.5) is 18.9 Å². The zero-order chi connectivity index (χ0) is 13.6. The second kappa shape index (κ2) is 3.98. The predicted octanol–water partition coefficient (Wildman–Crippen LogP) is 2.62. The Morgan fingerprint density at radius 3 is 2.63 bits per heavy atom. The van der Waals surface area contributed by atoms with Crippen LogP contribution < -0.4 is 5.73 Å². The van der Waals surface area contributed by atoms with E-state index in [0.29, 0.717) is 5.39 Å². The van der Waals surface area contributed by atoms with Crippen molar-refractivity contribution < 1.29 is 13.2 Å². The predicted molar refractivity (Wildman–Crippen MR) is 63.6 cm³/mol. The van der Waals surface area contributed by atoms with Gasteiger partial charge < -0.3 is 5.73 Å². The van der Waals surface area contributed by atoms with Crippen LogP contribution in [0.3, 0.4) is 0 Å². The molecule has 0 saturated carbocycles. The number of aromatic nitrogens is 3. The minimum atomic E-state index is -1.04. The molecule has 1 aromatic carbocycles. The Bertz CT molecular complexity index is 782. The zero-order valence-electron chi connectivity index (χ0n) is 9.42. The molecule has 0 aliphatic heterocycles. The summed E-state index contributed by atoms with van der Waals surface area (Å²) in [6.45, 7) is 0. The second-order valence-corrected chi connectivity index (χ2v) is 3.95. The van der Waals surface area contributed by atoms with Crippen molar-refractivity contribution in [2.75, 3.05) is 5.73 Å². The number of aromatic amines is 1. The number of fused-ring (bicyclic) bond motifs is 1. The lowest BCUT2D eigenvalue weighted by Gasteiger charge is -2.07. The monoisotopic (exact) mass is 264 g/mol. The standard InChI is InChI=1S/C12H7F3N4/c13-6-1-2-7(16)9(14)8(6)12-10(15)11-5(3-17-12)4-18-19-11/h1-4H,16H2,(H,18,19). The largest absolute Gasteiger partial charge is 0.396 e. The van der Waals surface area contributed by atoms with Gasteiger partial charge in [0.1, 0.15) is 17.0 Å². The minimum absolute atomic E-state index is 0.0335. The van der Waals surface area contributed by atoms with Crippen LogP contribution in [0.1, 0.15) is 0 Å². The summed E-state index contributed by atoms with van der Waals surface area (Å²) >= 11 is 0. The van der Waals surface area contributed by atoms with Crippen LogP contribution in [0.5, 0.6) is 0 Å². The van der Waals surface area contributed by atoms with Gasteiger partial charge in [0, 0.05) is 11.6 Å². The van der Waals surface area contributed by atoms with Crippen molar-refractivity contribution in [3.63, 3.8) is 0 Å². The fourth-order valence-electron chi connectivity index (χ4n) is 1.84. The summed E-state index contributed by atoms with van der Waals surface area (Å²) in [6.07, 6.45) is 2.64. The maximum atomic E-state index is 14.2. The highest BCUT2D eigenvalue weighted by atomic mass is 19.1. The SMILES string of the molecule is Nc1ccc(F)c(-c2ncc3cn[nH]c3c2F)c1F. The smallest absolute Gasteiger partial charge is 0.175 e. The molecule has 3 N–H and O–H groups in total.